The van der Waals surface area contributed by atoms with Crippen molar-refractivity contribution in [3.8, 4) is 0 Å². The number of imide groups is 1. The van der Waals surface area contributed by atoms with E-state index in [1.54, 1.807) is 11.0 Å². The van der Waals surface area contributed by atoms with Gasteiger partial charge < -0.3 is 15.1 Å². The van der Waals surface area contributed by atoms with Crippen molar-refractivity contribution in [3.63, 3.8) is 0 Å². The molecule has 3 aliphatic heterocycles. The van der Waals surface area contributed by atoms with Crippen LogP contribution in [0.25, 0.3) is 10.8 Å². The van der Waals surface area contributed by atoms with Crippen LogP contribution < -0.4 is 5.32 Å². The molecule has 44 heavy (non-hydrogen) atoms. The van der Waals surface area contributed by atoms with Gasteiger partial charge in [-0.05, 0) is 67.6 Å². The maximum atomic E-state index is 14.4. The number of likely N-dealkylation sites (tertiary alicyclic amines) is 2. The third-order valence-corrected chi connectivity index (χ3v) is 9.84. The van der Waals surface area contributed by atoms with Crippen LogP contribution in [0, 0.1) is 5.92 Å². The van der Waals surface area contributed by atoms with E-state index in [1.165, 1.54) is 6.42 Å². The van der Waals surface area contributed by atoms with Gasteiger partial charge in [0.05, 0.1) is 0 Å². The molecule has 0 radical (unpaired) electrons. The van der Waals surface area contributed by atoms with Gasteiger partial charge in [0, 0.05) is 31.0 Å². The van der Waals surface area contributed by atoms with Gasteiger partial charge in [-0.25, -0.2) is 4.79 Å². The lowest BCUT2D eigenvalue weighted by Crippen LogP contribution is -2.53. The molecule has 4 amide bonds. The van der Waals surface area contributed by atoms with Crippen molar-refractivity contribution in [3.05, 3.63) is 48.0 Å². The van der Waals surface area contributed by atoms with Gasteiger partial charge in [-0.2, -0.15) is 0 Å². The molecule has 1 aliphatic carbocycles. The summed E-state index contributed by atoms with van der Waals surface area (Å²) in [6, 6.07) is 11.5. The van der Waals surface area contributed by atoms with Gasteiger partial charge in [0.2, 0.25) is 5.91 Å². The van der Waals surface area contributed by atoms with Crippen molar-refractivity contribution in [1.29, 1.82) is 0 Å². The smallest absolute Gasteiger partial charge is 0.340 e. The first kappa shape index (κ1) is 30.2. The number of carbonyl (C=O) groups excluding carboxylic acids is 5. The molecule has 0 spiro atoms. The molecule has 234 valence electrons. The number of fused-ring (bicyclic) bond motifs is 1. The molecule has 0 bridgehead atoms. The Morgan fingerprint density at radius 3 is 2.27 bits per heavy atom. The van der Waals surface area contributed by atoms with Gasteiger partial charge in [0.1, 0.15) is 12.1 Å². The second-order valence-electron chi connectivity index (χ2n) is 12.8. The van der Waals surface area contributed by atoms with Gasteiger partial charge in [-0.15, -0.1) is 5.06 Å². The van der Waals surface area contributed by atoms with Gasteiger partial charge in [0.25, 0.3) is 17.7 Å². The third-order valence-electron chi connectivity index (χ3n) is 9.84. The van der Waals surface area contributed by atoms with Gasteiger partial charge in [0.15, 0.2) is 0 Å². The summed E-state index contributed by atoms with van der Waals surface area (Å²) in [5, 5.41) is 5.57. The largest absolute Gasteiger partial charge is 0.355 e. The molecule has 2 aromatic carbocycles. The molecule has 10 nitrogen and oxygen atoms in total. The fourth-order valence-corrected chi connectivity index (χ4v) is 7.39. The van der Waals surface area contributed by atoms with E-state index < -0.39 is 29.9 Å². The Kier molecular flexibility index (Phi) is 9.25. The highest BCUT2D eigenvalue weighted by Crippen LogP contribution is 2.31. The van der Waals surface area contributed by atoms with Crippen LogP contribution in [-0.4, -0.2) is 82.2 Å². The van der Waals surface area contributed by atoms with Crippen LogP contribution >= 0.6 is 0 Å². The second-order valence-corrected chi connectivity index (χ2v) is 12.8. The predicted molar refractivity (Wildman–Crippen MR) is 163 cm³/mol. The molecule has 0 aromatic heterocycles. The Bertz CT molecular complexity index is 1400. The van der Waals surface area contributed by atoms with Gasteiger partial charge >= 0.3 is 5.97 Å². The van der Waals surface area contributed by atoms with Crippen LogP contribution in [0.3, 0.4) is 0 Å². The first-order valence-corrected chi connectivity index (χ1v) is 16.3. The normalized spacial score (nSPS) is 24.1. The van der Waals surface area contributed by atoms with Crippen LogP contribution in [0.1, 0.15) is 87.4 Å². The number of amides is 4. The minimum absolute atomic E-state index is 0.0000931. The molecule has 3 heterocycles. The average Bonchev–Trinajstić information content (AvgIpc) is 3.64. The summed E-state index contributed by atoms with van der Waals surface area (Å²) < 4.78 is 0. The molecular formula is C34H42N4O6. The fourth-order valence-electron chi connectivity index (χ4n) is 7.39. The monoisotopic (exact) mass is 602 g/mol. The summed E-state index contributed by atoms with van der Waals surface area (Å²) in [5.41, 5.74) is 0.472. The lowest BCUT2D eigenvalue weighted by atomic mass is 9.84. The SMILES string of the molecule is O=C(N[C@H](CC1CCCCC1)C(=O)N1C[C@H](N2CCCCC2)C[C@H]1C(=O)ON1C(=O)CCC1=O)c1ccc2ccccc2c1. The fraction of sp³-hybridized carbons (Fsp3) is 0.559. The first-order valence-electron chi connectivity index (χ1n) is 16.3. The van der Waals surface area contributed by atoms with Crippen molar-refractivity contribution >= 4 is 40.4 Å². The summed E-state index contributed by atoms with van der Waals surface area (Å²) in [6.07, 6.45) is 9.47. The van der Waals surface area contributed by atoms with Crippen molar-refractivity contribution in [2.75, 3.05) is 19.6 Å². The molecule has 2 aromatic rings. The molecule has 6 rings (SSSR count). The van der Waals surface area contributed by atoms with Crippen molar-refractivity contribution in [1.82, 2.24) is 20.2 Å². The topological polar surface area (TPSA) is 116 Å². The predicted octanol–water partition coefficient (Wildman–Crippen LogP) is 3.97. The maximum absolute atomic E-state index is 14.4. The first-order chi connectivity index (χ1) is 21.4. The Hall–Kier alpha value is -3.79. The van der Waals surface area contributed by atoms with E-state index in [0.29, 0.717) is 35.9 Å². The lowest BCUT2D eigenvalue weighted by Gasteiger charge is -2.33. The second kappa shape index (κ2) is 13.5. The van der Waals surface area contributed by atoms with Crippen LogP contribution in [0.5, 0.6) is 0 Å². The standard InChI is InChI=1S/C34H42N4O6/c39-30-15-16-31(40)38(30)44-34(43)29-21-27(36-17-7-2-8-18-36)22-37(29)33(42)28(19-23-9-3-1-4-10-23)35-32(41)26-14-13-24-11-5-6-12-25(24)20-26/h5-6,11-14,20,23,27-29H,1-4,7-10,15-19,21-22H2,(H,35,41)/t27-,28-,29+/m1/s1. The third kappa shape index (κ3) is 6.65. The number of hydrogen-bond donors (Lipinski definition) is 1. The molecule has 1 saturated carbocycles. The van der Waals surface area contributed by atoms with Crippen LogP contribution in [-0.2, 0) is 24.0 Å². The van der Waals surface area contributed by atoms with E-state index >= 15 is 0 Å². The van der Waals surface area contributed by atoms with Crippen LogP contribution in [0.15, 0.2) is 42.5 Å². The number of carbonyl (C=O) groups is 5. The molecular weight excluding hydrogens is 560 g/mol. The van der Waals surface area contributed by atoms with E-state index in [9.17, 15) is 24.0 Å². The average molecular weight is 603 g/mol. The minimum atomic E-state index is -0.956. The van der Waals surface area contributed by atoms with E-state index in [0.717, 1.165) is 68.8 Å². The van der Waals surface area contributed by atoms with E-state index in [4.69, 9.17) is 4.84 Å². The van der Waals surface area contributed by atoms with E-state index in [1.807, 2.05) is 36.4 Å². The Balaban J connectivity index is 1.25. The molecule has 4 fully saturated rings. The van der Waals surface area contributed by atoms with E-state index in [2.05, 4.69) is 10.2 Å². The Morgan fingerprint density at radius 1 is 0.864 bits per heavy atom. The Labute approximate surface area is 258 Å². The molecule has 4 aliphatic rings. The van der Waals surface area contributed by atoms with Crippen molar-refractivity contribution in [2.24, 2.45) is 5.92 Å². The number of nitrogens with one attached hydrogen (secondary N) is 1. The number of piperidine rings is 1. The minimum Gasteiger partial charge on any atom is -0.340 e. The lowest BCUT2D eigenvalue weighted by molar-refractivity contribution is -0.200. The Morgan fingerprint density at radius 2 is 1.55 bits per heavy atom. The van der Waals surface area contributed by atoms with Crippen molar-refractivity contribution < 1.29 is 28.8 Å². The number of hydroxylamine groups is 2. The molecule has 3 atom stereocenters. The zero-order valence-corrected chi connectivity index (χ0v) is 25.2. The summed E-state index contributed by atoms with van der Waals surface area (Å²) >= 11 is 0. The number of hydrogen-bond acceptors (Lipinski definition) is 7. The zero-order chi connectivity index (χ0) is 30.6. The highest BCUT2D eigenvalue weighted by atomic mass is 16.7. The number of rotatable bonds is 8. The zero-order valence-electron chi connectivity index (χ0n) is 25.2. The van der Waals surface area contributed by atoms with Crippen LogP contribution in [0.2, 0.25) is 0 Å². The highest BCUT2D eigenvalue weighted by molar-refractivity contribution is 6.03. The summed E-state index contributed by atoms with van der Waals surface area (Å²) in [5.74, 6) is -2.23. The van der Waals surface area contributed by atoms with Crippen molar-refractivity contribution in [2.45, 2.75) is 95.2 Å². The van der Waals surface area contributed by atoms with Crippen LogP contribution in [0.4, 0.5) is 0 Å². The van der Waals surface area contributed by atoms with Gasteiger partial charge in [-0.3, -0.25) is 24.1 Å². The maximum Gasteiger partial charge on any atom is 0.355 e. The summed E-state index contributed by atoms with van der Waals surface area (Å²) in [4.78, 5) is 75.3. The molecule has 0 unspecified atom stereocenters. The molecule has 1 N–H and O–H groups in total. The van der Waals surface area contributed by atoms with E-state index in [-0.39, 0.29) is 30.7 Å². The van der Waals surface area contributed by atoms with Gasteiger partial charge in [-0.1, -0.05) is 68.9 Å². The highest BCUT2D eigenvalue weighted by Gasteiger charge is 2.47. The molecule has 3 saturated heterocycles. The molecule has 10 heteroatoms. The number of benzene rings is 2. The summed E-state index contributed by atoms with van der Waals surface area (Å²) in [6.45, 7) is 2.11. The number of nitrogens with zero attached hydrogens (tertiary/aromatic N) is 3. The quantitative estimate of drug-likeness (QED) is 0.455. The summed E-state index contributed by atoms with van der Waals surface area (Å²) in [7, 11) is 0.